The van der Waals surface area contributed by atoms with E-state index < -0.39 is 0 Å². The Morgan fingerprint density at radius 3 is 2.44 bits per heavy atom. The summed E-state index contributed by atoms with van der Waals surface area (Å²) in [7, 11) is 0. The number of allylic oxidation sites excluding steroid dienone is 4. The second-order valence-electron chi connectivity index (χ2n) is 6.64. The normalized spacial score (nSPS) is 14.2. The Hall–Kier alpha value is -3.06. The van der Waals surface area contributed by atoms with Gasteiger partial charge in [-0.3, -0.25) is 0 Å². The summed E-state index contributed by atoms with van der Waals surface area (Å²) in [6, 6.07) is 24.0. The summed E-state index contributed by atoms with van der Waals surface area (Å²) in [6.45, 7) is 0. The number of aromatic amines is 1. The van der Waals surface area contributed by atoms with Gasteiger partial charge in [-0.1, -0.05) is 66.8 Å². The Balaban J connectivity index is 1.87. The van der Waals surface area contributed by atoms with Crippen molar-refractivity contribution in [3.05, 3.63) is 90.5 Å². The van der Waals surface area contributed by atoms with Crippen molar-refractivity contribution in [2.75, 3.05) is 0 Å². The molecule has 1 aliphatic rings. The first kappa shape index (κ1) is 14.3. The third-order valence-corrected chi connectivity index (χ3v) is 5.07. The van der Waals surface area contributed by atoms with Crippen molar-refractivity contribution in [1.82, 2.24) is 4.98 Å². The van der Waals surface area contributed by atoms with E-state index in [-0.39, 0.29) is 0 Å². The van der Waals surface area contributed by atoms with Gasteiger partial charge in [-0.05, 0) is 53.3 Å². The van der Waals surface area contributed by atoms with Crippen molar-refractivity contribution in [3.63, 3.8) is 0 Å². The molecule has 5 rings (SSSR count). The molecule has 1 heterocycles. The summed E-state index contributed by atoms with van der Waals surface area (Å²) in [5.41, 5.74) is 7.73. The SMILES string of the molecule is C1=CCCC(c2cc(-c3ccccc3)c3c(c2)[nH]c2ccccc23)=C1. The number of hydrogen-bond acceptors (Lipinski definition) is 0. The van der Waals surface area contributed by atoms with E-state index in [0.29, 0.717) is 0 Å². The van der Waals surface area contributed by atoms with Crippen LogP contribution < -0.4 is 0 Å². The van der Waals surface area contributed by atoms with Crippen molar-refractivity contribution < 1.29 is 0 Å². The Labute approximate surface area is 147 Å². The van der Waals surface area contributed by atoms with Gasteiger partial charge < -0.3 is 4.98 Å². The van der Waals surface area contributed by atoms with Crippen molar-refractivity contribution in [2.24, 2.45) is 0 Å². The van der Waals surface area contributed by atoms with Crippen LogP contribution in [0.1, 0.15) is 18.4 Å². The first-order valence-corrected chi connectivity index (χ1v) is 8.86. The van der Waals surface area contributed by atoms with E-state index >= 15 is 0 Å². The highest BCUT2D eigenvalue weighted by atomic mass is 14.7. The van der Waals surface area contributed by atoms with Gasteiger partial charge in [0.25, 0.3) is 0 Å². The molecule has 0 radical (unpaired) electrons. The molecule has 25 heavy (non-hydrogen) atoms. The van der Waals surface area contributed by atoms with Crippen LogP contribution in [0.3, 0.4) is 0 Å². The number of H-pyrrole nitrogens is 1. The summed E-state index contributed by atoms with van der Waals surface area (Å²) in [4.78, 5) is 3.62. The average molecular weight is 321 g/mol. The lowest BCUT2D eigenvalue weighted by atomic mass is 9.91. The van der Waals surface area contributed by atoms with Crippen molar-refractivity contribution in [2.45, 2.75) is 12.8 Å². The van der Waals surface area contributed by atoms with Crippen LogP contribution in [0, 0.1) is 0 Å². The average Bonchev–Trinajstić information content (AvgIpc) is 3.07. The van der Waals surface area contributed by atoms with Gasteiger partial charge in [0, 0.05) is 21.8 Å². The summed E-state index contributed by atoms with van der Waals surface area (Å²) in [5.74, 6) is 0. The molecule has 4 aromatic rings. The highest BCUT2D eigenvalue weighted by Crippen LogP contribution is 2.38. The van der Waals surface area contributed by atoms with Crippen LogP contribution in [0.4, 0.5) is 0 Å². The largest absolute Gasteiger partial charge is 0.354 e. The third kappa shape index (κ3) is 2.40. The number of rotatable bonds is 2. The molecule has 0 fully saturated rings. The zero-order valence-corrected chi connectivity index (χ0v) is 14.0. The Bertz CT molecular complexity index is 1130. The van der Waals surface area contributed by atoms with Gasteiger partial charge in [-0.25, -0.2) is 0 Å². The van der Waals surface area contributed by atoms with E-state index in [1.807, 2.05) is 0 Å². The van der Waals surface area contributed by atoms with Crippen LogP contribution in [0.15, 0.2) is 85.0 Å². The maximum absolute atomic E-state index is 3.62. The Morgan fingerprint density at radius 1 is 0.760 bits per heavy atom. The topological polar surface area (TPSA) is 15.8 Å². The third-order valence-electron chi connectivity index (χ3n) is 5.07. The molecule has 120 valence electrons. The van der Waals surface area contributed by atoms with E-state index in [1.54, 1.807) is 0 Å². The van der Waals surface area contributed by atoms with Crippen molar-refractivity contribution in [3.8, 4) is 11.1 Å². The lowest BCUT2D eigenvalue weighted by Crippen LogP contribution is -1.90. The van der Waals surface area contributed by atoms with Crippen LogP contribution in [0.2, 0.25) is 0 Å². The molecule has 0 bridgehead atoms. The molecular weight excluding hydrogens is 302 g/mol. The fourth-order valence-corrected chi connectivity index (χ4v) is 3.86. The minimum absolute atomic E-state index is 1.11. The zero-order valence-electron chi connectivity index (χ0n) is 14.0. The predicted octanol–water partition coefficient (Wildman–Crippen LogP) is 6.72. The van der Waals surface area contributed by atoms with Crippen LogP contribution in [0.25, 0.3) is 38.5 Å². The molecule has 0 saturated carbocycles. The minimum atomic E-state index is 1.11. The minimum Gasteiger partial charge on any atom is -0.354 e. The molecule has 1 aliphatic carbocycles. The molecule has 3 aromatic carbocycles. The summed E-state index contributed by atoms with van der Waals surface area (Å²) in [5, 5.41) is 2.61. The molecule has 1 N–H and O–H groups in total. The molecule has 0 atom stereocenters. The van der Waals surface area contributed by atoms with E-state index in [2.05, 4.69) is 89.9 Å². The van der Waals surface area contributed by atoms with Gasteiger partial charge in [0.05, 0.1) is 0 Å². The standard InChI is InChI=1S/C24H19N/c1-3-9-17(10-4-1)19-15-21(18-11-5-2-6-12-18)24-20-13-7-8-14-22(20)25-23(24)16-19/h1-3,5-9,11-16,25H,4,10H2. The Morgan fingerprint density at radius 2 is 1.60 bits per heavy atom. The van der Waals surface area contributed by atoms with Gasteiger partial charge in [0.1, 0.15) is 0 Å². The zero-order chi connectivity index (χ0) is 16.6. The van der Waals surface area contributed by atoms with Gasteiger partial charge in [0.15, 0.2) is 0 Å². The maximum Gasteiger partial charge on any atom is 0.0477 e. The van der Waals surface area contributed by atoms with Crippen molar-refractivity contribution in [1.29, 1.82) is 0 Å². The lowest BCUT2D eigenvalue weighted by molar-refractivity contribution is 1.05. The molecule has 0 spiro atoms. The quantitative estimate of drug-likeness (QED) is 0.422. The smallest absolute Gasteiger partial charge is 0.0477 e. The van der Waals surface area contributed by atoms with E-state index in [9.17, 15) is 0 Å². The number of fused-ring (bicyclic) bond motifs is 3. The van der Waals surface area contributed by atoms with Crippen LogP contribution >= 0.6 is 0 Å². The summed E-state index contributed by atoms with van der Waals surface area (Å²) in [6.07, 6.45) is 8.90. The number of aromatic nitrogens is 1. The first-order valence-electron chi connectivity index (χ1n) is 8.86. The summed E-state index contributed by atoms with van der Waals surface area (Å²) < 4.78 is 0. The molecular formula is C24H19N. The fraction of sp³-hybridized carbons (Fsp3) is 0.0833. The van der Waals surface area contributed by atoms with Gasteiger partial charge in [-0.15, -0.1) is 0 Å². The highest BCUT2D eigenvalue weighted by molar-refractivity contribution is 6.15. The van der Waals surface area contributed by atoms with Crippen molar-refractivity contribution >= 4 is 27.4 Å². The molecule has 1 heteroatoms. The van der Waals surface area contributed by atoms with E-state index in [4.69, 9.17) is 0 Å². The molecule has 1 aromatic heterocycles. The second-order valence-corrected chi connectivity index (χ2v) is 6.64. The fourth-order valence-electron chi connectivity index (χ4n) is 3.86. The highest BCUT2D eigenvalue weighted by Gasteiger charge is 2.14. The monoisotopic (exact) mass is 321 g/mol. The molecule has 0 amide bonds. The van der Waals surface area contributed by atoms with Crippen LogP contribution in [-0.2, 0) is 0 Å². The Kier molecular flexibility index (Phi) is 3.31. The second kappa shape index (κ2) is 5.78. The maximum atomic E-state index is 3.62. The van der Waals surface area contributed by atoms with Gasteiger partial charge >= 0.3 is 0 Å². The lowest BCUT2D eigenvalue weighted by Gasteiger charge is -2.13. The van der Waals surface area contributed by atoms with Gasteiger partial charge in [0.2, 0.25) is 0 Å². The number of benzene rings is 3. The molecule has 0 aliphatic heterocycles. The number of nitrogens with one attached hydrogen (secondary N) is 1. The van der Waals surface area contributed by atoms with Crippen LogP contribution in [0.5, 0.6) is 0 Å². The van der Waals surface area contributed by atoms with Gasteiger partial charge in [-0.2, -0.15) is 0 Å². The van der Waals surface area contributed by atoms with Crippen LogP contribution in [-0.4, -0.2) is 4.98 Å². The molecule has 0 unspecified atom stereocenters. The molecule has 0 saturated heterocycles. The first-order chi connectivity index (χ1) is 12.4. The number of para-hydroxylation sites is 1. The van der Waals surface area contributed by atoms with E-state index in [1.165, 1.54) is 44.1 Å². The number of hydrogen-bond donors (Lipinski definition) is 1. The predicted molar refractivity (Wildman–Crippen MR) is 108 cm³/mol. The van der Waals surface area contributed by atoms with E-state index in [0.717, 1.165) is 12.8 Å². The summed E-state index contributed by atoms with van der Waals surface area (Å²) >= 11 is 0. The molecule has 1 nitrogen and oxygen atoms in total.